The van der Waals surface area contributed by atoms with Gasteiger partial charge in [-0.25, -0.2) is 0 Å². The molecule has 0 saturated carbocycles. The highest BCUT2D eigenvalue weighted by atomic mass is 16.6. The van der Waals surface area contributed by atoms with Crippen molar-refractivity contribution in [3.8, 4) is 0 Å². The van der Waals surface area contributed by atoms with Crippen molar-refractivity contribution < 1.29 is 30.3 Å². The summed E-state index contributed by atoms with van der Waals surface area (Å²) in [6.45, 7) is -0.526. The Morgan fingerprint density at radius 3 is 2.00 bits per heavy atom. The summed E-state index contributed by atoms with van der Waals surface area (Å²) < 4.78 is 4.58. The van der Waals surface area contributed by atoms with E-state index in [2.05, 4.69) is 4.74 Å². The fourth-order valence-corrected chi connectivity index (χ4v) is 1.08. The molecule has 1 rings (SSSR count). The zero-order chi connectivity index (χ0) is 9.30. The first-order valence-electron chi connectivity index (χ1n) is 3.56. The molecular weight excluding hydrogens is 169 g/mol. The first-order chi connectivity index (χ1) is 5.57. The third-order valence-corrected chi connectivity index (χ3v) is 1.87. The molecule has 5 atom stereocenters. The molecule has 0 aromatic rings. The van der Waals surface area contributed by atoms with Crippen LogP contribution in [0.5, 0.6) is 0 Å². The molecule has 0 radical (unpaired) electrons. The van der Waals surface area contributed by atoms with Crippen LogP contribution in [0.15, 0.2) is 0 Å². The highest BCUT2D eigenvalue weighted by molar-refractivity contribution is 4.87. The van der Waals surface area contributed by atoms with E-state index in [-0.39, 0.29) is 0 Å². The summed E-state index contributed by atoms with van der Waals surface area (Å²) in [5, 5.41) is 44.7. The monoisotopic (exact) mass is 181 g/mol. The third kappa shape index (κ3) is 1.58. The number of aliphatic hydroxyl groups excluding tert-OH is 5. The van der Waals surface area contributed by atoms with E-state index in [0.29, 0.717) is 0 Å². The molecule has 1 heterocycles. The average Bonchev–Trinajstić information content (AvgIpc) is 2.08. The first-order valence-corrected chi connectivity index (χ1v) is 3.56. The summed E-state index contributed by atoms with van der Waals surface area (Å²) in [5.74, 6) is 0. The topological polar surface area (TPSA) is 110 Å². The van der Waals surface area contributed by atoms with Crippen molar-refractivity contribution in [2.75, 3.05) is 6.61 Å². The molecule has 0 aromatic heterocycles. The van der Waals surface area contributed by atoms with E-state index in [9.17, 15) is 0 Å². The summed E-state index contributed by atoms with van der Waals surface area (Å²) in [6, 6.07) is 0. The maximum absolute atomic E-state index is 9.12. The minimum atomic E-state index is -1.57. The number of ether oxygens (including phenoxy) is 1. The van der Waals surface area contributed by atoms with Crippen molar-refractivity contribution in [2.45, 2.75) is 30.7 Å². The molecule has 0 amide bonds. The summed E-state index contributed by atoms with van der Waals surface area (Å²) in [4.78, 5) is 0. The van der Waals surface area contributed by atoms with Crippen LogP contribution in [-0.4, -0.2) is 62.8 Å². The largest absolute Gasteiger partial charge is 0.394 e. The molecule has 0 bridgehead atoms. The molecule has 1 saturated heterocycles. The highest BCUT2D eigenvalue weighted by Gasteiger charge is 2.42. The van der Waals surface area contributed by atoms with Crippen LogP contribution < -0.4 is 0 Å². The molecule has 1 aliphatic rings. The van der Waals surface area contributed by atoms with Gasteiger partial charge >= 0.3 is 0 Å². The van der Waals surface area contributed by atoms with Gasteiger partial charge in [0.25, 0.3) is 0 Å². The molecule has 0 unspecified atom stereocenters. The van der Waals surface area contributed by atoms with E-state index in [1.165, 1.54) is 0 Å². The number of aliphatic hydroxyl groups is 5. The summed E-state index contributed by atoms with van der Waals surface area (Å²) in [7, 11) is 0. The van der Waals surface area contributed by atoms with Gasteiger partial charge in [0, 0.05) is 0 Å². The fourth-order valence-electron chi connectivity index (χ4n) is 1.08. The van der Waals surface area contributed by atoms with Crippen LogP contribution in [0.25, 0.3) is 0 Å². The second-order valence-corrected chi connectivity index (χ2v) is 2.72. The highest BCUT2D eigenvalue weighted by Crippen LogP contribution is 2.18. The van der Waals surface area contributed by atoms with E-state index in [1.54, 1.807) is 0 Å². The predicted molar refractivity (Wildman–Crippen MR) is 36.0 cm³/mol. The Morgan fingerprint density at radius 2 is 1.50 bits per heavy atom. The van der Waals surface area contributed by atoms with Crippen LogP contribution in [0.2, 0.25) is 0 Å². The standard InChI is InChI=1S/C6H12O6/c7-1-2-3(8)4(9)5(10)6(11)12-2/h2-11H,1H2/t2-,3-,4+,5-,6-/m1/s1/i4+1. The maximum atomic E-state index is 9.12. The Hall–Kier alpha value is -0.240. The van der Waals surface area contributed by atoms with Crippen LogP contribution in [0.4, 0.5) is 0 Å². The summed E-state index contributed by atoms with van der Waals surface area (Å²) in [6.07, 6.45) is -7.04. The first kappa shape index (κ1) is 9.85. The molecule has 0 aromatic carbocycles. The van der Waals surface area contributed by atoms with Gasteiger partial charge in [-0.15, -0.1) is 0 Å². The molecule has 0 aliphatic carbocycles. The average molecular weight is 181 g/mol. The van der Waals surface area contributed by atoms with Gasteiger partial charge in [0.05, 0.1) is 6.61 Å². The molecular formula is C6H12O6. The van der Waals surface area contributed by atoms with Crippen LogP contribution in [-0.2, 0) is 4.74 Å². The molecule has 6 nitrogen and oxygen atoms in total. The summed E-state index contributed by atoms with van der Waals surface area (Å²) in [5.41, 5.74) is 0. The van der Waals surface area contributed by atoms with Crippen LogP contribution >= 0.6 is 0 Å². The SMILES string of the molecule is OC[C@H]1O[C@@H](O)[C@H](O)[13C@@H](O)[C@@H]1O. The molecule has 5 N–H and O–H groups in total. The van der Waals surface area contributed by atoms with Crippen molar-refractivity contribution in [2.24, 2.45) is 0 Å². The van der Waals surface area contributed by atoms with E-state index < -0.39 is 37.3 Å². The Kier molecular flexibility index (Phi) is 2.99. The lowest BCUT2D eigenvalue weighted by atomic mass is 10.2. The van der Waals surface area contributed by atoms with Crippen molar-refractivity contribution in [1.82, 2.24) is 0 Å². The van der Waals surface area contributed by atoms with Crippen molar-refractivity contribution in [3.63, 3.8) is 0 Å². The lowest BCUT2D eigenvalue weighted by Gasteiger charge is -2.37. The normalized spacial score (nSPS) is 49.2. The minimum Gasteiger partial charge on any atom is -0.394 e. The molecule has 6 heteroatoms. The second-order valence-electron chi connectivity index (χ2n) is 2.72. The second kappa shape index (κ2) is 3.65. The van der Waals surface area contributed by atoms with Crippen LogP contribution in [0, 0.1) is 0 Å². The quantitative estimate of drug-likeness (QED) is 0.272. The van der Waals surface area contributed by atoms with E-state index in [1.807, 2.05) is 0 Å². The smallest absolute Gasteiger partial charge is 0.184 e. The Balaban J connectivity index is 2.63. The van der Waals surface area contributed by atoms with Crippen molar-refractivity contribution in [1.29, 1.82) is 0 Å². The lowest BCUT2D eigenvalue weighted by Crippen LogP contribution is -2.58. The van der Waals surface area contributed by atoms with Crippen LogP contribution in [0.3, 0.4) is 0 Å². The van der Waals surface area contributed by atoms with E-state index in [4.69, 9.17) is 25.5 Å². The van der Waals surface area contributed by atoms with Crippen molar-refractivity contribution >= 4 is 0 Å². The van der Waals surface area contributed by atoms with E-state index >= 15 is 0 Å². The van der Waals surface area contributed by atoms with Gasteiger partial charge in [-0.1, -0.05) is 0 Å². The van der Waals surface area contributed by atoms with Gasteiger partial charge in [0.15, 0.2) is 6.29 Å². The Morgan fingerprint density at radius 1 is 0.917 bits per heavy atom. The van der Waals surface area contributed by atoms with Gasteiger partial charge in [-0.2, -0.15) is 0 Å². The Bertz CT molecular complexity index is 146. The number of rotatable bonds is 1. The molecule has 1 fully saturated rings. The van der Waals surface area contributed by atoms with Gasteiger partial charge in [0.2, 0.25) is 0 Å². The molecule has 1 aliphatic heterocycles. The number of hydrogen-bond acceptors (Lipinski definition) is 6. The van der Waals surface area contributed by atoms with Crippen LogP contribution in [0.1, 0.15) is 0 Å². The molecule has 72 valence electrons. The van der Waals surface area contributed by atoms with Gasteiger partial charge in [0.1, 0.15) is 24.4 Å². The van der Waals surface area contributed by atoms with Gasteiger partial charge < -0.3 is 30.3 Å². The predicted octanol–water partition coefficient (Wildman–Crippen LogP) is -3.22. The van der Waals surface area contributed by atoms with E-state index in [0.717, 1.165) is 0 Å². The molecule has 0 spiro atoms. The number of hydrogen-bond donors (Lipinski definition) is 5. The lowest BCUT2D eigenvalue weighted by molar-refractivity contribution is -0.286. The maximum Gasteiger partial charge on any atom is 0.184 e. The molecule has 12 heavy (non-hydrogen) atoms. The Labute approximate surface area is 68.6 Å². The van der Waals surface area contributed by atoms with Gasteiger partial charge in [-0.3, -0.25) is 0 Å². The van der Waals surface area contributed by atoms with Gasteiger partial charge in [-0.05, 0) is 0 Å². The zero-order valence-corrected chi connectivity index (χ0v) is 6.24. The fraction of sp³-hybridized carbons (Fsp3) is 1.00. The zero-order valence-electron chi connectivity index (χ0n) is 6.24. The third-order valence-electron chi connectivity index (χ3n) is 1.87. The minimum absolute atomic E-state index is 0.526. The summed E-state index contributed by atoms with van der Waals surface area (Å²) >= 11 is 0. The van der Waals surface area contributed by atoms with Crippen molar-refractivity contribution in [3.05, 3.63) is 0 Å².